The van der Waals surface area contributed by atoms with E-state index in [0.29, 0.717) is 0 Å². The molecule has 1 rings (SSSR count). The van der Waals surface area contributed by atoms with E-state index in [4.69, 9.17) is 5.73 Å². The summed E-state index contributed by atoms with van der Waals surface area (Å²) in [4.78, 5) is 0. The quantitative estimate of drug-likeness (QED) is 0.723. The summed E-state index contributed by atoms with van der Waals surface area (Å²) in [6.07, 6.45) is 0. The van der Waals surface area contributed by atoms with Crippen LogP contribution in [0.1, 0.15) is 43.5 Å². The third-order valence-electron chi connectivity index (χ3n) is 2.91. The van der Waals surface area contributed by atoms with Gasteiger partial charge in [-0.3, -0.25) is 0 Å². The fourth-order valence-electron chi connectivity index (χ4n) is 1.58. The zero-order chi connectivity index (χ0) is 10.9. The van der Waals surface area contributed by atoms with Crippen LogP contribution in [-0.4, -0.2) is 0 Å². The standard InChI is InChI=1S/C13H21N/c1-9-7-6-8-11(10(9)2)12(14)13(3,4)5/h6-8,12H,14H2,1-5H3/t12-/m1/s1. The third kappa shape index (κ3) is 2.16. The first-order valence-electron chi connectivity index (χ1n) is 5.15. The van der Waals surface area contributed by atoms with E-state index in [9.17, 15) is 0 Å². The summed E-state index contributed by atoms with van der Waals surface area (Å²) >= 11 is 0. The highest BCUT2D eigenvalue weighted by Crippen LogP contribution is 2.32. The lowest BCUT2D eigenvalue weighted by Crippen LogP contribution is -2.27. The maximum atomic E-state index is 6.24. The Morgan fingerprint density at radius 3 is 2.21 bits per heavy atom. The molecule has 1 aromatic rings. The van der Waals surface area contributed by atoms with Crippen LogP contribution >= 0.6 is 0 Å². The summed E-state index contributed by atoms with van der Waals surface area (Å²) in [6, 6.07) is 6.47. The normalized spacial score (nSPS) is 14.1. The summed E-state index contributed by atoms with van der Waals surface area (Å²) in [6.45, 7) is 10.8. The highest BCUT2D eigenvalue weighted by Gasteiger charge is 2.23. The summed E-state index contributed by atoms with van der Waals surface area (Å²) in [5.41, 5.74) is 10.3. The van der Waals surface area contributed by atoms with Crippen LogP contribution in [0.4, 0.5) is 0 Å². The summed E-state index contributed by atoms with van der Waals surface area (Å²) in [5.74, 6) is 0. The van der Waals surface area contributed by atoms with Gasteiger partial charge in [0.25, 0.3) is 0 Å². The van der Waals surface area contributed by atoms with Crippen molar-refractivity contribution in [2.24, 2.45) is 11.1 Å². The number of benzene rings is 1. The topological polar surface area (TPSA) is 26.0 Å². The molecule has 1 heteroatoms. The van der Waals surface area contributed by atoms with E-state index >= 15 is 0 Å². The second-order valence-corrected chi connectivity index (χ2v) is 5.13. The van der Waals surface area contributed by atoms with Gasteiger partial charge in [0.05, 0.1) is 0 Å². The van der Waals surface area contributed by atoms with Gasteiger partial charge in [0.15, 0.2) is 0 Å². The molecule has 0 aliphatic rings. The molecule has 78 valence electrons. The van der Waals surface area contributed by atoms with Crippen LogP contribution in [0.15, 0.2) is 18.2 Å². The summed E-state index contributed by atoms with van der Waals surface area (Å²) < 4.78 is 0. The Labute approximate surface area is 87.3 Å². The van der Waals surface area contributed by atoms with Crippen molar-refractivity contribution in [2.75, 3.05) is 0 Å². The Morgan fingerprint density at radius 1 is 1.14 bits per heavy atom. The largest absolute Gasteiger partial charge is 0.324 e. The van der Waals surface area contributed by atoms with Gasteiger partial charge >= 0.3 is 0 Å². The van der Waals surface area contributed by atoms with Crippen LogP contribution in [0.25, 0.3) is 0 Å². The summed E-state index contributed by atoms with van der Waals surface area (Å²) in [7, 11) is 0. The zero-order valence-corrected chi connectivity index (χ0v) is 9.89. The van der Waals surface area contributed by atoms with Crippen LogP contribution in [0.2, 0.25) is 0 Å². The van der Waals surface area contributed by atoms with E-state index in [1.165, 1.54) is 16.7 Å². The van der Waals surface area contributed by atoms with Gasteiger partial charge in [0, 0.05) is 6.04 Å². The lowest BCUT2D eigenvalue weighted by molar-refractivity contribution is 0.326. The van der Waals surface area contributed by atoms with Gasteiger partial charge in [0.1, 0.15) is 0 Å². The van der Waals surface area contributed by atoms with Crippen molar-refractivity contribution in [1.82, 2.24) is 0 Å². The number of aryl methyl sites for hydroxylation is 1. The van der Waals surface area contributed by atoms with E-state index in [1.807, 2.05) is 0 Å². The molecule has 0 radical (unpaired) electrons. The molecule has 0 saturated heterocycles. The van der Waals surface area contributed by atoms with Crippen molar-refractivity contribution >= 4 is 0 Å². The predicted octanol–water partition coefficient (Wildman–Crippen LogP) is 3.35. The number of hydrogen-bond acceptors (Lipinski definition) is 1. The van der Waals surface area contributed by atoms with E-state index < -0.39 is 0 Å². The molecule has 0 aliphatic carbocycles. The highest BCUT2D eigenvalue weighted by molar-refractivity contribution is 5.35. The highest BCUT2D eigenvalue weighted by atomic mass is 14.7. The molecule has 0 aliphatic heterocycles. The lowest BCUT2D eigenvalue weighted by Gasteiger charge is -2.29. The van der Waals surface area contributed by atoms with Gasteiger partial charge in [-0.2, -0.15) is 0 Å². The van der Waals surface area contributed by atoms with Crippen LogP contribution in [0, 0.1) is 19.3 Å². The average molecular weight is 191 g/mol. The number of hydrogen-bond donors (Lipinski definition) is 1. The van der Waals surface area contributed by atoms with Gasteiger partial charge in [-0.25, -0.2) is 0 Å². The Kier molecular flexibility index (Phi) is 3.01. The SMILES string of the molecule is Cc1cccc([C@@H](N)C(C)(C)C)c1C. The van der Waals surface area contributed by atoms with Crippen LogP contribution < -0.4 is 5.73 Å². The van der Waals surface area contributed by atoms with Crippen molar-refractivity contribution in [1.29, 1.82) is 0 Å². The third-order valence-corrected chi connectivity index (χ3v) is 2.91. The Bertz CT molecular complexity index is 320. The van der Waals surface area contributed by atoms with Gasteiger partial charge in [-0.15, -0.1) is 0 Å². The minimum Gasteiger partial charge on any atom is -0.324 e. The molecule has 1 atom stereocenters. The number of rotatable bonds is 1. The van der Waals surface area contributed by atoms with Crippen LogP contribution in [-0.2, 0) is 0 Å². The van der Waals surface area contributed by atoms with Crippen molar-refractivity contribution in [3.05, 3.63) is 34.9 Å². The molecule has 0 fully saturated rings. The van der Waals surface area contributed by atoms with Crippen molar-refractivity contribution in [3.8, 4) is 0 Å². The average Bonchev–Trinajstić information content (AvgIpc) is 2.07. The maximum Gasteiger partial charge on any atom is 0.0346 e. The molecule has 1 aromatic carbocycles. The minimum atomic E-state index is 0.113. The lowest BCUT2D eigenvalue weighted by atomic mass is 9.81. The van der Waals surface area contributed by atoms with E-state index in [0.717, 1.165) is 0 Å². The molecular formula is C13H21N. The first-order valence-corrected chi connectivity index (χ1v) is 5.15. The van der Waals surface area contributed by atoms with Crippen LogP contribution in [0.5, 0.6) is 0 Å². The van der Waals surface area contributed by atoms with Crippen molar-refractivity contribution in [3.63, 3.8) is 0 Å². The van der Waals surface area contributed by atoms with Gasteiger partial charge < -0.3 is 5.73 Å². The molecule has 1 nitrogen and oxygen atoms in total. The van der Waals surface area contributed by atoms with E-state index in [2.05, 4.69) is 52.8 Å². The Balaban J connectivity index is 3.14. The second-order valence-electron chi connectivity index (χ2n) is 5.13. The maximum absolute atomic E-state index is 6.24. The number of nitrogens with two attached hydrogens (primary N) is 1. The van der Waals surface area contributed by atoms with Crippen LogP contribution in [0.3, 0.4) is 0 Å². The van der Waals surface area contributed by atoms with E-state index in [1.54, 1.807) is 0 Å². The van der Waals surface area contributed by atoms with Gasteiger partial charge in [0.2, 0.25) is 0 Å². The Hall–Kier alpha value is -0.820. The minimum absolute atomic E-state index is 0.113. The predicted molar refractivity (Wildman–Crippen MR) is 62.3 cm³/mol. The molecule has 0 heterocycles. The monoisotopic (exact) mass is 191 g/mol. The molecule has 0 bridgehead atoms. The fraction of sp³-hybridized carbons (Fsp3) is 0.538. The molecule has 0 spiro atoms. The smallest absolute Gasteiger partial charge is 0.0346 e. The van der Waals surface area contributed by atoms with Crippen molar-refractivity contribution in [2.45, 2.75) is 40.7 Å². The molecule has 0 saturated carbocycles. The molecule has 0 aromatic heterocycles. The molecule has 0 unspecified atom stereocenters. The molecular weight excluding hydrogens is 170 g/mol. The molecule has 14 heavy (non-hydrogen) atoms. The zero-order valence-electron chi connectivity index (χ0n) is 9.89. The second kappa shape index (κ2) is 3.74. The molecule has 2 N–H and O–H groups in total. The van der Waals surface area contributed by atoms with Gasteiger partial charge in [-0.05, 0) is 36.0 Å². The summed E-state index contributed by atoms with van der Waals surface area (Å²) in [5, 5.41) is 0. The first kappa shape index (κ1) is 11.3. The van der Waals surface area contributed by atoms with Gasteiger partial charge in [-0.1, -0.05) is 39.0 Å². The fourth-order valence-corrected chi connectivity index (χ4v) is 1.58. The van der Waals surface area contributed by atoms with E-state index in [-0.39, 0.29) is 11.5 Å². The molecule has 0 amide bonds. The first-order chi connectivity index (χ1) is 6.34. The van der Waals surface area contributed by atoms with Crippen molar-refractivity contribution < 1.29 is 0 Å². The Morgan fingerprint density at radius 2 is 1.71 bits per heavy atom.